The molecule has 1 aliphatic carbocycles. The smallest absolute Gasteiger partial charge is 0.326 e. The number of aromatic nitrogens is 7. The van der Waals surface area contributed by atoms with Gasteiger partial charge in [0.1, 0.15) is 24.5 Å². The molecule has 6 aromatic rings. The Kier molecular flexibility index (Phi) is 6.86. The molecular weight excluding hydrogens is 542 g/mol. The van der Waals surface area contributed by atoms with Gasteiger partial charge in [0.25, 0.3) is 5.56 Å². The average Bonchev–Trinajstić information content (AvgIpc) is 3.80. The first-order valence-corrected chi connectivity index (χ1v) is 14.4. The number of rotatable bonds is 8. The number of hydrogen-bond donors (Lipinski definition) is 1. The average molecular weight is 572 g/mol. The van der Waals surface area contributed by atoms with Gasteiger partial charge in [0.05, 0.1) is 11.6 Å². The Morgan fingerprint density at radius 3 is 2.63 bits per heavy atom. The lowest BCUT2D eigenvalue weighted by molar-refractivity contribution is -0.145. The maximum atomic E-state index is 13.8. The quantitative estimate of drug-likeness (QED) is 0.258. The van der Waals surface area contributed by atoms with Crippen LogP contribution in [0, 0.1) is 0 Å². The SMILES string of the molecule is CCc1nc2ccn(CC(=O)OCc3ccccc3)c(=O)c2n1[C@H]1CCc2cc(-c3ccccc3-c3nn[nH]n3)ccc21. The number of fused-ring (bicyclic) bond motifs is 2. The number of H-pyrrole nitrogens is 1. The van der Waals surface area contributed by atoms with Gasteiger partial charge in [-0.1, -0.05) is 79.7 Å². The lowest BCUT2D eigenvalue weighted by atomic mass is 9.96. The maximum Gasteiger partial charge on any atom is 0.326 e. The summed E-state index contributed by atoms with van der Waals surface area (Å²) in [5.41, 5.74) is 7.20. The first-order valence-electron chi connectivity index (χ1n) is 14.4. The molecule has 0 saturated carbocycles. The zero-order chi connectivity index (χ0) is 29.3. The van der Waals surface area contributed by atoms with E-state index in [2.05, 4.69) is 49.5 Å². The van der Waals surface area contributed by atoms with Crippen LogP contribution in [0.2, 0.25) is 0 Å². The molecular formula is C33H29N7O3. The fourth-order valence-electron chi connectivity index (χ4n) is 6.06. The van der Waals surface area contributed by atoms with Crippen LogP contribution in [0.5, 0.6) is 0 Å². The third-order valence-corrected chi connectivity index (χ3v) is 8.07. The van der Waals surface area contributed by atoms with Crippen LogP contribution in [0.1, 0.15) is 41.9 Å². The highest BCUT2D eigenvalue weighted by molar-refractivity contribution is 5.81. The molecule has 0 spiro atoms. The van der Waals surface area contributed by atoms with Crippen molar-refractivity contribution in [3.8, 4) is 22.5 Å². The summed E-state index contributed by atoms with van der Waals surface area (Å²) in [5, 5.41) is 14.6. The van der Waals surface area contributed by atoms with Gasteiger partial charge in [0, 0.05) is 18.2 Å². The first-order chi connectivity index (χ1) is 21.1. The van der Waals surface area contributed by atoms with Gasteiger partial charge in [0.2, 0.25) is 5.82 Å². The van der Waals surface area contributed by atoms with Gasteiger partial charge in [-0.3, -0.25) is 9.59 Å². The van der Waals surface area contributed by atoms with Gasteiger partial charge in [-0.25, -0.2) is 4.98 Å². The van der Waals surface area contributed by atoms with Crippen molar-refractivity contribution in [2.45, 2.75) is 45.4 Å². The highest BCUT2D eigenvalue weighted by atomic mass is 16.5. The summed E-state index contributed by atoms with van der Waals surface area (Å²) in [6.45, 7) is 2.04. The number of pyridine rings is 1. The van der Waals surface area contributed by atoms with Crippen LogP contribution in [-0.2, 0) is 35.5 Å². The molecule has 0 fully saturated rings. The van der Waals surface area contributed by atoms with E-state index in [0.717, 1.165) is 40.9 Å². The fraction of sp³-hybridized carbons (Fsp3) is 0.212. The second-order valence-corrected chi connectivity index (χ2v) is 10.6. The molecule has 3 aromatic heterocycles. The number of benzene rings is 3. The van der Waals surface area contributed by atoms with Gasteiger partial charge in [0.15, 0.2) is 0 Å². The minimum atomic E-state index is -0.466. The number of aryl methyl sites for hydroxylation is 2. The molecule has 7 rings (SSSR count). The number of hydrogen-bond acceptors (Lipinski definition) is 7. The molecule has 0 unspecified atom stereocenters. The van der Waals surface area contributed by atoms with E-state index in [9.17, 15) is 9.59 Å². The van der Waals surface area contributed by atoms with Crippen LogP contribution in [-0.4, -0.2) is 40.7 Å². The van der Waals surface area contributed by atoms with E-state index in [0.29, 0.717) is 23.3 Å². The fourth-order valence-corrected chi connectivity index (χ4v) is 6.06. The second kappa shape index (κ2) is 11.1. The van der Waals surface area contributed by atoms with Crippen LogP contribution in [0.4, 0.5) is 0 Å². The molecule has 0 bridgehead atoms. The Hall–Kier alpha value is -5.38. The van der Waals surface area contributed by atoms with Gasteiger partial charge >= 0.3 is 5.97 Å². The number of nitrogens with one attached hydrogen (secondary N) is 1. The number of ether oxygens (including phenoxy) is 1. The van der Waals surface area contributed by atoms with Crippen molar-refractivity contribution >= 4 is 17.0 Å². The van der Waals surface area contributed by atoms with E-state index in [1.807, 2.05) is 61.5 Å². The predicted molar refractivity (Wildman–Crippen MR) is 161 cm³/mol. The summed E-state index contributed by atoms with van der Waals surface area (Å²) in [6, 6.07) is 25.8. The van der Waals surface area contributed by atoms with Crippen LogP contribution in [0.3, 0.4) is 0 Å². The van der Waals surface area contributed by atoms with E-state index in [4.69, 9.17) is 9.72 Å². The molecule has 1 aliphatic rings. The van der Waals surface area contributed by atoms with E-state index in [1.165, 1.54) is 15.7 Å². The van der Waals surface area contributed by atoms with Gasteiger partial charge in [-0.15, -0.1) is 10.2 Å². The lowest BCUT2D eigenvalue weighted by Gasteiger charge is -2.18. The summed E-state index contributed by atoms with van der Waals surface area (Å²) < 4.78 is 8.95. The molecule has 0 radical (unpaired) electrons. The van der Waals surface area contributed by atoms with E-state index >= 15 is 0 Å². The number of tetrazole rings is 1. The topological polar surface area (TPSA) is 121 Å². The molecule has 10 nitrogen and oxygen atoms in total. The van der Waals surface area contributed by atoms with Crippen molar-refractivity contribution in [3.63, 3.8) is 0 Å². The van der Waals surface area contributed by atoms with Crippen molar-refractivity contribution in [3.05, 3.63) is 118 Å². The number of carbonyl (C=O) groups is 1. The monoisotopic (exact) mass is 571 g/mol. The second-order valence-electron chi connectivity index (χ2n) is 10.6. The summed E-state index contributed by atoms with van der Waals surface area (Å²) in [5.74, 6) is 0.930. The third-order valence-electron chi connectivity index (χ3n) is 8.07. The summed E-state index contributed by atoms with van der Waals surface area (Å²) >= 11 is 0. The molecule has 3 aromatic carbocycles. The zero-order valence-electron chi connectivity index (χ0n) is 23.6. The van der Waals surface area contributed by atoms with Crippen LogP contribution >= 0.6 is 0 Å². The van der Waals surface area contributed by atoms with Crippen molar-refractivity contribution in [1.29, 1.82) is 0 Å². The zero-order valence-corrected chi connectivity index (χ0v) is 23.6. The summed E-state index contributed by atoms with van der Waals surface area (Å²) in [7, 11) is 0. The van der Waals surface area contributed by atoms with E-state index < -0.39 is 5.97 Å². The number of esters is 1. The molecule has 43 heavy (non-hydrogen) atoms. The van der Waals surface area contributed by atoms with Gasteiger partial charge < -0.3 is 13.9 Å². The van der Waals surface area contributed by atoms with Crippen LogP contribution in [0.15, 0.2) is 89.9 Å². The highest BCUT2D eigenvalue weighted by Crippen LogP contribution is 2.40. The molecule has 1 atom stereocenters. The minimum absolute atomic E-state index is 0.0370. The Labute approximate surface area is 247 Å². The predicted octanol–water partition coefficient (Wildman–Crippen LogP) is 4.89. The highest BCUT2D eigenvalue weighted by Gasteiger charge is 2.29. The molecule has 0 saturated heterocycles. The molecule has 214 valence electrons. The summed E-state index contributed by atoms with van der Waals surface area (Å²) in [4.78, 5) is 31.3. The summed E-state index contributed by atoms with van der Waals surface area (Å²) in [6.07, 6.45) is 4.02. The van der Waals surface area contributed by atoms with Gasteiger partial charge in [-0.05, 0) is 51.9 Å². The number of imidazole rings is 1. The largest absolute Gasteiger partial charge is 0.459 e. The molecule has 10 heteroatoms. The maximum absolute atomic E-state index is 13.8. The number of carbonyl (C=O) groups excluding carboxylic acids is 1. The Bertz CT molecular complexity index is 2000. The molecule has 0 aliphatic heterocycles. The number of aromatic amines is 1. The van der Waals surface area contributed by atoms with Gasteiger partial charge in [-0.2, -0.15) is 5.21 Å². The van der Waals surface area contributed by atoms with E-state index in [-0.39, 0.29) is 24.8 Å². The van der Waals surface area contributed by atoms with Crippen LogP contribution < -0.4 is 5.56 Å². The lowest BCUT2D eigenvalue weighted by Crippen LogP contribution is -2.27. The van der Waals surface area contributed by atoms with Crippen molar-refractivity contribution in [1.82, 2.24) is 34.7 Å². The van der Waals surface area contributed by atoms with Crippen molar-refractivity contribution in [2.75, 3.05) is 0 Å². The Balaban J connectivity index is 1.21. The Morgan fingerprint density at radius 1 is 1.02 bits per heavy atom. The normalized spacial score (nSPS) is 14.2. The Morgan fingerprint density at radius 2 is 1.84 bits per heavy atom. The van der Waals surface area contributed by atoms with E-state index in [1.54, 1.807) is 6.20 Å². The molecule has 3 heterocycles. The molecule has 0 amide bonds. The van der Waals surface area contributed by atoms with Crippen LogP contribution in [0.25, 0.3) is 33.5 Å². The number of nitrogens with zero attached hydrogens (tertiary/aromatic N) is 6. The molecule has 1 N–H and O–H groups in total. The van der Waals surface area contributed by atoms with Crippen molar-refractivity contribution in [2.24, 2.45) is 0 Å². The minimum Gasteiger partial charge on any atom is -0.459 e. The first kappa shape index (κ1) is 26.5. The van der Waals surface area contributed by atoms with Crippen molar-refractivity contribution < 1.29 is 9.53 Å². The third kappa shape index (κ3) is 4.90. The standard InChI is InChI=1S/C33H29N7O3/c1-2-29-34-27-16-17-39(19-30(41)43-20-21-8-4-3-5-9-21)33(42)31(27)40(29)28-15-13-23-18-22(12-14-25(23)28)24-10-6-7-11-26(24)32-35-37-38-36-32/h3-12,14,16-18,28H,2,13,15,19-20H2,1H3,(H,35,36,37,38)/t28-/m0/s1.